The fraction of sp³-hybridized carbons (Fsp3) is 0.261. The van der Waals surface area contributed by atoms with E-state index in [1.165, 1.54) is 16.5 Å². The molecule has 29 heavy (non-hydrogen) atoms. The second-order valence-electron chi connectivity index (χ2n) is 7.69. The van der Waals surface area contributed by atoms with Crippen LogP contribution in [-0.2, 0) is 10.0 Å². The summed E-state index contributed by atoms with van der Waals surface area (Å²) in [5.41, 5.74) is 1.72. The van der Waals surface area contributed by atoms with E-state index >= 15 is 0 Å². The number of rotatable bonds is 3. The highest BCUT2D eigenvalue weighted by atomic mass is 32.2. The molecule has 1 aliphatic carbocycles. The molecule has 1 heterocycles. The summed E-state index contributed by atoms with van der Waals surface area (Å²) in [4.78, 5) is 0.255. The topological polar surface area (TPSA) is 49.7 Å². The Bertz CT molecular complexity index is 1200. The van der Waals surface area contributed by atoms with Crippen LogP contribution in [0.5, 0.6) is 0 Å². The Labute approximate surface area is 169 Å². The van der Waals surface area contributed by atoms with E-state index in [0.717, 1.165) is 42.3 Å². The Morgan fingerprint density at radius 1 is 0.931 bits per heavy atom. The van der Waals surface area contributed by atoms with Crippen molar-refractivity contribution in [2.45, 2.75) is 36.6 Å². The standard InChI is InChI=1S/C23H21FN2O2S/c24-18-14-12-17(13-15-18)23-20-9-3-4-10-21(20)25-26(23)29(27,28)22-11-5-7-16-6-1-2-8-19(16)22/h1-2,5-8,11-15,20,23H,3-4,9-10H2. The van der Waals surface area contributed by atoms with E-state index in [1.807, 2.05) is 30.3 Å². The molecular weight excluding hydrogens is 387 g/mol. The van der Waals surface area contributed by atoms with Gasteiger partial charge in [0.25, 0.3) is 10.0 Å². The molecule has 0 N–H and O–H groups in total. The van der Waals surface area contributed by atoms with Gasteiger partial charge in [0.2, 0.25) is 0 Å². The van der Waals surface area contributed by atoms with Gasteiger partial charge in [-0.3, -0.25) is 0 Å². The highest BCUT2D eigenvalue weighted by Crippen LogP contribution is 2.45. The molecule has 3 aromatic carbocycles. The van der Waals surface area contributed by atoms with Gasteiger partial charge >= 0.3 is 0 Å². The van der Waals surface area contributed by atoms with Crippen molar-refractivity contribution in [1.82, 2.24) is 4.41 Å². The van der Waals surface area contributed by atoms with Gasteiger partial charge in [0.1, 0.15) is 5.82 Å². The number of nitrogens with zero attached hydrogens (tertiary/aromatic N) is 2. The molecule has 1 aliphatic heterocycles. The molecule has 0 bridgehead atoms. The summed E-state index contributed by atoms with van der Waals surface area (Å²) in [6.45, 7) is 0. The van der Waals surface area contributed by atoms with Crippen molar-refractivity contribution in [2.24, 2.45) is 11.0 Å². The number of benzene rings is 3. The number of hydrazone groups is 1. The zero-order chi connectivity index (χ0) is 20.0. The van der Waals surface area contributed by atoms with Gasteiger partial charge in [-0.1, -0.05) is 55.0 Å². The zero-order valence-corrected chi connectivity index (χ0v) is 16.6. The minimum atomic E-state index is -3.88. The molecule has 1 saturated carbocycles. The molecule has 6 heteroatoms. The van der Waals surface area contributed by atoms with Crippen molar-refractivity contribution >= 4 is 26.5 Å². The van der Waals surface area contributed by atoms with Gasteiger partial charge in [-0.05, 0) is 48.4 Å². The summed E-state index contributed by atoms with van der Waals surface area (Å²) in [5, 5.41) is 6.17. The SMILES string of the molecule is O=S(=O)(c1cccc2ccccc12)N1N=C2CCCCC2C1c1ccc(F)cc1. The first kappa shape index (κ1) is 18.3. The minimum absolute atomic E-state index is 0.0407. The minimum Gasteiger partial charge on any atom is -0.207 e. The molecule has 2 unspecified atom stereocenters. The average molecular weight is 408 g/mol. The molecule has 148 valence electrons. The summed E-state index contributed by atoms with van der Waals surface area (Å²) in [7, 11) is -3.88. The van der Waals surface area contributed by atoms with E-state index < -0.39 is 16.1 Å². The van der Waals surface area contributed by atoms with Crippen LogP contribution in [0.1, 0.15) is 37.3 Å². The lowest BCUT2D eigenvalue weighted by Crippen LogP contribution is -2.31. The summed E-state index contributed by atoms with van der Waals surface area (Å²) in [6.07, 6.45) is 3.77. The maximum atomic E-state index is 13.8. The first-order chi connectivity index (χ1) is 14.1. The maximum absolute atomic E-state index is 13.8. The summed E-state index contributed by atoms with van der Waals surface area (Å²) >= 11 is 0. The van der Waals surface area contributed by atoms with Crippen LogP contribution >= 0.6 is 0 Å². The lowest BCUT2D eigenvalue weighted by atomic mass is 9.81. The number of hydrogen-bond donors (Lipinski definition) is 0. The second-order valence-corrected chi connectivity index (χ2v) is 9.46. The number of hydrogen-bond acceptors (Lipinski definition) is 3. The molecule has 0 saturated heterocycles. The van der Waals surface area contributed by atoms with Gasteiger partial charge < -0.3 is 0 Å². The Balaban J connectivity index is 1.67. The van der Waals surface area contributed by atoms with Gasteiger partial charge in [0.15, 0.2) is 0 Å². The van der Waals surface area contributed by atoms with Crippen LogP contribution in [0.3, 0.4) is 0 Å². The van der Waals surface area contributed by atoms with E-state index in [2.05, 4.69) is 5.10 Å². The van der Waals surface area contributed by atoms with Crippen LogP contribution in [0.15, 0.2) is 76.7 Å². The Kier molecular flexibility index (Phi) is 4.39. The Morgan fingerprint density at radius 2 is 1.69 bits per heavy atom. The van der Waals surface area contributed by atoms with Gasteiger partial charge in [0, 0.05) is 17.0 Å². The quantitative estimate of drug-likeness (QED) is 0.593. The molecule has 4 nitrogen and oxygen atoms in total. The highest BCUT2D eigenvalue weighted by molar-refractivity contribution is 7.89. The number of fused-ring (bicyclic) bond motifs is 2. The molecule has 3 aromatic rings. The van der Waals surface area contributed by atoms with E-state index in [0.29, 0.717) is 5.39 Å². The predicted molar refractivity (Wildman–Crippen MR) is 112 cm³/mol. The summed E-state index contributed by atoms with van der Waals surface area (Å²) < 4.78 is 42.4. The van der Waals surface area contributed by atoms with Gasteiger partial charge in [-0.2, -0.15) is 17.9 Å². The third-order valence-corrected chi connectivity index (χ3v) is 7.67. The molecule has 2 aliphatic rings. The van der Waals surface area contributed by atoms with Crippen LogP contribution in [0.4, 0.5) is 4.39 Å². The second kappa shape index (κ2) is 6.95. The van der Waals surface area contributed by atoms with E-state index in [9.17, 15) is 12.8 Å². The molecule has 0 aromatic heterocycles. The van der Waals surface area contributed by atoms with Gasteiger partial charge in [-0.25, -0.2) is 4.39 Å². The molecule has 5 rings (SSSR count). The number of sulfonamides is 1. The molecular formula is C23H21FN2O2S. The van der Waals surface area contributed by atoms with Crippen LogP contribution in [0, 0.1) is 11.7 Å². The molecule has 1 fully saturated rings. The monoisotopic (exact) mass is 408 g/mol. The van der Waals surface area contributed by atoms with Crippen molar-refractivity contribution in [1.29, 1.82) is 0 Å². The van der Waals surface area contributed by atoms with E-state index in [4.69, 9.17) is 0 Å². The van der Waals surface area contributed by atoms with Crippen LogP contribution < -0.4 is 0 Å². The third kappa shape index (κ3) is 3.02. The Hall–Kier alpha value is -2.73. The lowest BCUT2D eigenvalue weighted by Gasteiger charge is -2.29. The number of halogens is 1. The molecule has 2 atom stereocenters. The highest BCUT2D eigenvalue weighted by Gasteiger charge is 2.45. The van der Waals surface area contributed by atoms with Crippen molar-refractivity contribution in [3.05, 3.63) is 78.1 Å². The normalized spacial score (nSPS) is 21.8. The van der Waals surface area contributed by atoms with Crippen molar-refractivity contribution in [3.63, 3.8) is 0 Å². The van der Waals surface area contributed by atoms with Crippen molar-refractivity contribution in [3.8, 4) is 0 Å². The lowest BCUT2D eigenvalue weighted by molar-refractivity contribution is 0.308. The van der Waals surface area contributed by atoms with E-state index in [-0.39, 0.29) is 16.6 Å². The van der Waals surface area contributed by atoms with Gasteiger partial charge in [-0.15, -0.1) is 0 Å². The van der Waals surface area contributed by atoms with Crippen LogP contribution in [-0.4, -0.2) is 18.5 Å². The fourth-order valence-electron chi connectivity index (χ4n) is 4.57. The van der Waals surface area contributed by atoms with Crippen molar-refractivity contribution < 1.29 is 12.8 Å². The van der Waals surface area contributed by atoms with Crippen molar-refractivity contribution in [2.75, 3.05) is 0 Å². The maximum Gasteiger partial charge on any atom is 0.280 e. The van der Waals surface area contributed by atoms with Crippen LogP contribution in [0.2, 0.25) is 0 Å². The summed E-state index contributed by atoms with van der Waals surface area (Å²) in [5.74, 6) is -0.293. The van der Waals surface area contributed by atoms with Crippen LogP contribution in [0.25, 0.3) is 10.8 Å². The fourth-order valence-corrected chi connectivity index (χ4v) is 6.27. The Morgan fingerprint density at radius 3 is 2.52 bits per heavy atom. The van der Waals surface area contributed by atoms with E-state index in [1.54, 1.807) is 24.3 Å². The smallest absolute Gasteiger partial charge is 0.207 e. The molecule has 0 amide bonds. The summed E-state index contributed by atoms with van der Waals surface area (Å²) in [6, 6.07) is 18.5. The average Bonchev–Trinajstić information content (AvgIpc) is 3.14. The predicted octanol–water partition coefficient (Wildman–Crippen LogP) is 5.27. The molecule has 0 radical (unpaired) electrons. The van der Waals surface area contributed by atoms with Gasteiger partial charge in [0.05, 0.1) is 10.9 Å². The zero-order valence-electron chi connectivity index (χ0n) is 15.8. The largest absolute Gasteiger partial charge is 0.280 e. The molecule has 0 spiro atoms. The third-order valence-electron chi connectivity index (χ3n) is 5.96. The first-order valence-corrected chi connectivity index (χ1v) is 11.3. The first-order valence-electron chi connectivity index (χ1n) is 9.91.